The lowest BCUT2D eigenvalue weighted by molar-refractivity contribution is -0.137. The molecular formula is C17H14ClN3O2S2. The van der Waals surface area contributed by atoms with Crippen molar-refractivity contribution in [3.8, 4) is 0 Å². The molecular weight excluding hydrogens is 378 g/mol. The molecule has 0 fully saturated rings. The van der Waals surface area contributed by atoms with Crippen molar-refractivity contribution in [2.75, 3.05) is 5.32 Å². The molecule has 2 aromatic carbocycles. The molecule has 1 heterocycles. The molecule has 0 aliphatic rings. The third kappa shape index (κ3) is 4.66. The average Bonchev–Trinajstić information content (AvgIpc) is 3.01. The van der Waals surface area contributed by atoms with Gasteiger partial charge in [0, 0.05) is 22.3 Å². The number of anilines is 1. The normalized spacial score (nSPS) is 11.9. The number of aromatic nitrogens is 1. The molecule has 3 rings (SSSR count). The van der Waals surface area contributed by atoms with Crippen LogP contribution in [0.25, 0.3) is 10.1 Å². The molecule has 0 unspecified atom stereocenters. The lowest BCUT2D eigenvalue weighted by Crippen LogP contribution is -2.33. The third-order valence-electron chi connectivity index (χ3n) is 3.55. The number of rotatable bonds is 5. The summed E-state index contributed by atoms with van der Waals surface area (Å²) in [5.74, 6) is -0.925. The fourth-order valence-corrected chi connectivity index (χ4v) is 3.51. The van der Waals surface area contributed by atoms with Crippen molar-refractivity contribution in [3.63, 3.8) is 0 Å². The van der Waals surface area contributed by atoms with Crippen LogP contribution in [0, 0.1) is 0 Å². The molecule has 128 valence electrons. The Morgan fingerprint density at radius 2 is 2.16 bits per heavy atom. The van der Waals surface area contributed by atoms with E-state index < -0.39 is 12.0 Å². The van der Waals surface area contributed by atoms with Crippen LogP contribution in [0.15, 0.2) is 48.7 Å². The molecule has 1 aromatic heterocycles. The zero-order chi connectivity index (χ0) is 17.8. The third-order valence-corrected chi connectivity index (χ3v) is 4.78. The van der Waals surface area contributed by atoms with E-state index in [1.807, 2.05) is 24.3 Å². The summed E-state index contributed by atoms with van der Waals surface area (Å²) < 4.78 is 5.23. The second kappa shape index (κ2) is 7.77. The highest BCUT2D eigenvalue weighted by Crippen LogP contribution is 2.23. The summed E-state index contributed by atoms with van der Waals surface area (Å²) in [6, 6.07) is 12.4. The van der Waals surface area contributed by atoms with Crippen LogP contribution in [0.3, 0.4) is 0 Å². The largest absolute Gasteiger partial charge is 0.481 e. The fourth-order valence-electron chi connectivity index (χ4n) is 2.43. The van der Waals surface area contributed by atoms with Crippen molar-refractivity contribution in [2.45, 2.75) is 12.5 Å². The smallest absolute Gasteiger partial charge is 0.305 e. The number of hydrogen-bond acceptors (Lipinski definition) is 4. The number of hydrogen-bond donors (Lipinski definition) is 3. The fraction of sp³-hybridized carbons (Fsp3) is 0.118. The molecule has 5 nitrogen and oxygen atoms in total. The topological polar surface area (TPSA) is 74.2 Å². The first-order chi connectivity index (χ1) is 12.0. The van der Waals surface area contributed by atoms with E-state index in [9.17, 15) is 4.79 Å². The van der Waals surface area contributed by atoms with Gasteiger partial charge in [-0.1, -0.05) is 23.7 Å². The van der Waals surface area contributed by atoms with Gasteiger partial charge in [-0.25, -0.2) is 0 Å². The first-order valence-corrected chi connectivity index (χ1v) is 8.96. The first kappa shape index (κ1) is 17.6. The number of benzene rings is 2. The van der Waals surface area contributed by atoms with Gasteiger partial charge >= 0.3 is 5.97 Å². The predicted octanol–water partition coefficient (Wildman–Crippen LogP) is 4.45. The van der Waals surface area contributed by atoms with Crippen molar-refractivity contribution >= 4 is 62.2 Å². The molecule has 1 atom stereocenters. The van der Waals surface area contributed by atoms with Gasteiger partial charge in [0.1, 0.15) is 0 Å². The molecule has 8 heteroatoms. The number of nitrogens with zero attached hydrogens (tertiary/aromatic N) is 1. The lowest BCUT2D eigenvalue weighted by atomic mass is 10.0. The number of thiocarbonyl (C=S) groups is 1. The molecule has 3 N–H and O–H groups in total. The van der Waals surface area contributed by atoms with E-state index in [1.54, 1.807) is 24.4 Å². The first-order valence-electron chi connectivity index (χ1n) is 7.40. The summed E-state index contributed by atoms with van der Waals surface area (Å²) in [6.45, 7) is 0. The Labute approximate surface area is 158 Å². The van der Waals surface area contributed by atoms with Crippen molar-refractivity contribution in [1.82, 2.24) is 9.69 Å². The number of aliphatic carboxylic acids is 1. The van der Waals surface area contributed by atoms with E-state index in [1.165, 1.54) is 11.5 Å². The van der Waals surface area contributed by atoms with Crippen LogP contribution >= 0.6 is 35.4 Å². The summed E-state index contributed by atoms with van der Waals surface area (Å²) in [7, 11) is 0. The zero-order valence-corrected chi connectivity index (χ0v) is 15.3. The minimum absolute atomic E-state index is 0.115. The molecule has 0 bridgehead atoms. The maximum absolute atomic E-state index is 11.2. The Morgan fingerprint density at radius 1 is 1.32 bits per heavy atom. The number of nitrogens with one attached hydrogen (secondary N) is 2. The second-order valence-corrected chi connectivity index (χ2v) is 7.06. The van der Waals surface area contributed by atoms with E-state index in [-0.39, 0.29) is 6.42 Å². The molecule has 0 saturated heterocycles. The van der Waals surface area contributed by atoms with Crippen molar-refractivity contribution < 1.29 is 9.90 Å². The predicted molar refractivity (Wildman–Crippen MR) is 105 cm³/mol. The minimum Gasteiger partial charge on any atom is -0.481 e. The second-order valence-electron chi connectivity index (χ2n) is 5.38. The van der Waals surface area contributed by atoms with Gasteiger partial charge < -0.3 is 15.7 Å². The van der Waals surface area contributed by atoms with Crippen LogP contribution in [-0.4, -0.2) is 20.6 Å². The number of carboxylic acids is 1. The summed E-state index contributed by atoms with van der Waals surface area (Å²) in [4.78, 5) is 11.2. The number of halogens is 1. The molecule has 3 aromatic rings. The molecule has 0 saturated carbocycles. The highest BCUT2D eigenvalue weighted by Gasteiger charge is 2.17. The maximum atomic E-state index is 11.2. The molecule has 0 radical (unpaired) electrons. The van der Waals surface area contributed by atoms with Crippen LogP contribution in [0.5, 0.6) is 0 Å². The van der Waals surface area contributed by atoms with Gasteiger partial charge in [0.05, 0.1) is 17.2 Å². The Balaban J connectivity index is 1.74. The average molecular weight is 392 g/mol. The van der Waals surface area contributed by atoms with Crippen LogP contribution in [0.4, 0.5) is 5.69 Å². The Kier molecular flexibility index (Phi) is 5.47. The van der Waals surface area contributed by atoms with Crippen LogP contribution in [-0.2, 0) is 4.79 Å². The highest BCUT2D eigenvalue weighted by atomic mass is 35.5. The van der Waals surface area contributed by atoms with Crippen LogP contribution < -0.4 is 10.6 Å². The van der Waals surface area contributed by atoms with Gasteiger partial charge in [-0.2, -0.15) is 4.37 Å². The standard InChI is InChI=1S/C17H14ClN3O2S2/c18-12-3-1-2-10(6-12)14(8-16(22)23)21-17(24)20-13-4-5-15-11(7-13)9-19-25-15/h1-7,9,14H,8H2,(H,22,23)(H2,20,21,24)/t14-/m0/s1. The van der Waals surface area contributed by atoms with Gasteiger partial charge in [-0.05, 0) is 59.6 Å². The van der Waals surface area contributed by atoms with Crippen LogP contribution in [0.1, 0.15) is 18.0 Å². The van der Waals surface area contributed by atoms with E-state index in [0.717, 1.165) is 21.3 Å². The quantitative estimate of drug-likeness (QED) is 0.558. The summed E-state index contributed by atoms with van der Waals surface area (Å²) in [5, 5.41) is 17.2. The molecule has 0 amide bonds. The Bertz CT molecular complexity index is 929. The van der Waals surface area contributed by atoms with E-state index in [4.69, 9.17) is 28.9 Å². The van der Waals surface area contributed by atoms with E-state index in [2.05, 4.69) is 15.0 Å². The van der Waals surface area contributed by atoms with Gasteiger partial charge in [-0.3, -0.25) is 4.79 Å². The Morgan fingerprint density at radius 3 is 2.92 bits per heavy atom. The van der Waals surface area contributed by atoms with Crippen molar-refractivity contribution in [3.05, 3.63) is 59.2 Å². The number of fused-ring (bicyclic) bond motifs is 1. The summed E-state index contributed by atoms with van der Waals surface area (Å²) in [6.07, 6.45) is 1.68. The van der Waals surface area contributed by atoms with E-state index >= 15 is 0 Å². The lowest BCUT2D eigenvalue weighted by Gasteiger charge is -2.20. The van der Waals surface area contributed by atoms with Crippen molar-refractivity contribution in [2.24, 2.45) is 0 Å². The molecule has 0 spiro atoms. The minimum atomic E-state index is -0.925. The maximum Gasteiger partial charge on any atom is 0.305 e. The molecule has 0 aliphatic heterocycles. The summed E-state index contributed by atoms with van der Waals surface area (Å²) >= 11 is 12.8. The number of carbonyl (C=O) groups is 1. The zero-order valence-electron chi connectivity index (χ0n) is 12.9. The highest BCUT2D eigenvalue weighted by molar-refractivity contribution is 7.80. The van der Waals surface area contributed by atoms with Gasteiger partial charge in [0.15, 0.2) is 5.11 Å². The van der Waals surface area contributed by atoms with Gasteiger partial charge in [0.25, 0.3) is 0 Å². The molecule has 0 aliphatic carbocycles. The van der Waals surface area contributed by atoms with Crippen LogP contribution in [0.2, 0.25) is 5.02 Å². The Hall–Kier alpha value is -2.22. The van der Waals surface area contributed by atoms with Crippen molar-refractivity contribution in [1.29, 1.82) is 0 Å². The summed E-state index contributed by atoms with van der Waals surface area (Å²) in [5.41, 5.74) is 1.57. The van der Waals surface area contributed by atoms with E-state index in [0.29, 0.717) is 10.1 Å². The van der Waals surface area contributed by atoms with Gasteiger partial charge in [-0.15, -0.1) is 0 Å². The van der Waals surface area contributed by atoms with Gasteiger partial charge in [0.2, 0.25) is 0 Å². The SMILES string of the molecule is O=C(O)C[C@H](NC(=S)Nc1ccc2sncc2c1)c1cccc(Cl)c1. The number of carboxylic acid groups (broad SMARTS) is 1. The monoisotopic (exact) mass is 391 g/mol. The molecule has 25 heavy (non-hydrogen) atoms.